The van der Waals surface area contributed by atoms with Gasteiger partial charge >= 0.3 is 0 Å². The van der Waals surface area contributed by atoms with E-state index in [0.29, 0.717) is 23.2 Å². The first-order chi connectivity index (χ1) is 12.3. The lowest BCUT2D eigenvalue weighted by atomic mass is 10.3. The molecule has 0 unspecified atom stereocenters. The van der Waals surface area contributed by atoms with Gasteiger partial charge in [-0.1, -0.05) is 30.3 Å². The molecule has 2 rings (SSSR count). The maximum atomic E-state index is 12.3. The minimum absolute atomic E-state index is 0.267. The molecule has 0 saturated heterocycles. The van der Waals surface area contributed by atoms with Gasteiger partial charge in [-0.25, -0.2) is 8.42 Å². The molecule has 1 N–H and O–H groups in total. The number of amides is 1. The third-order valence-corrected chi connectivity index (χ3v) is 5.57. The number of carbonyl (C=O) groups excluding carboxylic acids is 1. The number of nitrogens with zero attached hydrogens (tertiary/aromatic N) is 2. The van der Waals surface area contributed by atoms with E-state index < -0.39 is 10.0 Å². The number of para-hydroxylation sites is 2. The van der Waals surface area contributed by atoms with Gasteiger partial charge in [-0.05, 0) is 40.2 Å². The molecule has 140 valence electrons. The Balaban J connectivity index is 1.95. The average Bonchev–Trinajstić information content (AvgIpc) is 2.60. The van der Waals surface area contributed by atoms with Crippen LogP contribution < -0.4 is 14.5 Å². The second-order valence-electron chi connectivity index (χ2n) is 5.83. The third-order valence-electron chi connectivity index (χ3n) is 3.78. The predicted octanol–water partition coefficient (Wildman–Crippen LogP) is 2.47. The Morgan fingerprint density at radius 3 is 2.31 bits per heavy atom. The smallest absolute Gasteiger partial charge is 0.240 e. The van der Waals surface area contributed by atoms with Crippen LogP contribution in [0.2, 0.25) is 0 Å². The van der Waals surface area contributed by atoms with Crippen molar-refractivity contribution in [1.82, 2.24) is 5.32 Å². The van der Waals surface area contributed by atoms with Gasteiger partial charge in [0.25, 0.3) is 0 Å². The summed E-state index contributed by atoms with van der Waals surface area (Å²) in [6.45, 7) is 0.762. The Kier molecular flexibility index (Phi) is 7.05. The monoisotopic (exact) mass is 439 g/mol. The highest BCUT2D eigenvalue weighted by Gasteiger charge is 2.22. The molecule has 8 heteroatoms. The summed E-state index contributed by atoms with van der Waals surface area (Å²) in [6, 6.07) is 16.7. The Morgan fingerprint density at radius 2 is 1.69 bits per heavy atom. The summed E-state index contributed by atoms with van der Waals surface area (Å²) >= 11 is 3.33. The Hall–Kier alpha value is -2.06. The van der Waals surface area contributed by atoms with Gasteiger partial charge in [-0.2, -0.15) is 0 Å². The molecule has 0 atom stereocenters. The maximum absolute atomic E-state index is 12.3. The van der Waals surface area contributed by atoms with Crippen LogP contribution in [0.4, 0.5) is 11.4 Å². The number of hydrogen-bond acceptors (Lipinski definition) is 4. The third kappa shape index (κ3) is 5.74. The number of nitrogens with one attached hydrogen (secondary N) is 1. The first kappa shape index (κ1) is 20.3. The summed E-state index contributed by atoms with van der Waals surface area (Å²) in [7, 11) is -1.65. The molecule has 0 bridgehead atoms. The van der Waals surface area contributed by atoms with Crippen LogP contribution in [-0.2, 0) is 14.8 Å². The van der Waals surface area contributed by atoms with E-state index in [1.54, 1.807) is 24.3 Å². The molecule has 2 aromatic rings. The number of halogens is 1. The number of carbonyl (C=O) groups is 1. The van der Waals surface area contributed by atoms with Crippen molar-refractivity contribution in [2.24, 2.45) is 0 Å². The minimum Gasteiger partial charge on any atom is -0.373 e. The molecule has 0 heterocycles. The summed E-state index contributed by atoms with van der Waals surface area (Å²) in [5.41, 5.74) is 1.49. The van der Waals surface area contributed by atoms with Gasteiger partial charge < -0.3 is 10.2 Å². The van der Waals surface area contributed by atoms with Gasteiger partial charge in [-0.15, -0.1) is 0 Å². The van der Waals surface area contributed by atoms with E-state index in [1.165, 1.54) is 0 Å². The number of anilines is 2. The van der Waals surface area contributed by atoms with E-state index in [2.05, 4.69) is 21.2 Å². The Morgan fingerprint density at radius 1 is 1.08 bits per heavy atom. The molecule has 0 aliphatic carbocycles. The maximum Gasteiger partial charge on any atom is 0.240 e. The van der Waals surface area contributed by atoms with Crippen molar-refractivity contribution < 1.29 is 13.2 Å². The molecule has 2 aromatic carbocycles. The minimum atomic E-state index is -3.59. The highest BCUT2D eigenvalue weighted by molar-refractivity contribution is 9.10. The van der Waals surface area contributed by atoms with Crippen molar-refractivity contribution in [2.75, 3.05) is 42.1 Å². The summed E-state index contributed by atoms with van der Waals surface area (Å²) < 4.78 is 25.9. The van der Waals surface area contributed by atoms with E-state index in [-0.39, 0.29) is 12.5 Å². The van der Waals surface area contributed by atoms with E-state index in [1.807, 2.05) is 42.3 Å². The fourth-order valence-electron chi connectivity index (χ4n) is 2.40. The van der Waals surface area contributed by atoms with Crippen molar-refractivity contribution >= 4 is 43.2 Å². The second kappa shape index (κ2) is 9.05. The van der Waals surface area contributed by atoms with Crippen LogP contribution >= 0.6 is 15.9 Å². The normalized spacial score (nSPS) is 11.0. The summed E-state index contributed by atoms with van der Waals surface area (Å²) in [5.74, 6) is -0.354. The summed E-state index contributed by atoms with van der Waals surface area (Å²) in [5, 5.41) is 2.77. The molecular formula is C18H22BrN3O3S. The van der Waals surface area contributed by atoms with Gasteiger partial charge in [0.2, 0.25) is 15.9 Å². The lowest BCUT2D eigenvalue weighted by molar-refractivity contribution is -0.119. The molecule has 6 nitrogen and oxygen atoms in total. The topological polar surface area (TPSA) is 69.7 Å². The summed E-state index contributed by atoms with van der Waals surface area (Å²) in [4.78, 5) is 14.3. The molecule has 0 aromatic heterocycles. The largest absolute Gasteiger partial charge is 0.373 e. The van der Waals surface area contributed by atoms with Gasteiger partial charge in [0, 0.05) is 30.3 Å². The molecule has 0 aliphatic heterocycles. The summed E-state index contributed by atoms with van der Waals surface area (Å²) in [6.07, 6.45) is 1.09. The fourth-order valence-corrected chi connectivity index (χ4v) is 3.88. The Labute approximate surface area is 163 Å². The molecular weight excluding hydrogens is 418 g/mol. The SMILES string of the molecule is CN(CCNC(=O)CN(c1ccccc1Br)S(C)(=O)=O)c1ccccc1. The molecule has 0 radical (unpaired) electrons. The number of sulfonamides is 1. The zero-order valence-electron chi connectivity index (χ0n) is 14.7. The molecule has 0 saturated carbocycles. The fraction of sp³-hybridized carbons (Fsp3) is 0.278. The molecule has 0 spiro atoms. The quantitative estimate of drug-likeness (QED) is 0.685. The number of hydrogen-bond donors (Lipinski definition) is 1. The van der Waals surface area contributed by atoms with Crippen LogP contribution in [0.5, 0.6) is 0 Å². The van der Waals surface area contributed by atoms with Crippen LogP contribution in [0.3, 0.4) is 0 Å². The van der Waals surface area contributed by atoms with Gasteiger partial charge in [0.15, 0.2) is 0 Å². The highest BCUT2D eigenvalue weighted by atomic mass is 79.9. The van der Waals surface area contributed by atoms with Crippen LogP contribution in [0, 0.1) is 0 Å². The number of likely N-dealkylation sites (N-methyl/N-ethyl adjacent to an activating group) is 1. The van der Waals surface area contributed by atoms with Crippen LogP contribution in [-0.4, -0.2) is 47.3 Å². The zero-order valence-corrected chi connectivity index (χ0v) is 17.1. The van der Waals surface area contributed by atoms with E-state index in [9.17, 15) is 13.2 Å². The molecule has 0 aliphatic rings. The van der Waals surface area contributed by atoms with Crippen LogP contribution in [0.25, 0.3) is 0 Å². The first-order valence-electron chi connectivity index (χ1n) is 8.04. The predicted molar refractivity (Wildman–Crippen MR) is 109 cm³/mol. The van der Waals surface area contributed by atoms with Crippen molar-refractivity contribution in [1.29, 1.82) is 0 Å². The van der Waals surface area contributed by atoms with Crippen molar-refractivity contribution in [3.05, 3.63) is 59.1 Å². The highest BCUT2D eigenvalue weighted by Crippen LogP contribution is 2.27. The van der Waals surface area contributed by atoms with Gasteiger partial charge in [0.05, 0.1) is 11.9 Å². The van der Waals surface area contributed by atoms with E-state index >= 15 is 0 Å². The van der Waals surface area contributed by atoms with Crippen LogP contribution in [0.1, 0.15) is 0 Å². The van der Waals surface area contributed by atoms with E-state index in [4.69, 9.17) is 0 Å². The molecule has 26 heavy (non-hydrogen) atoms. The van der Waals surface area contributed by atoms with Gasteiger partial charge in [0.1, 0.15) is 6.54 Å². The second-order valence-corrected chi connectivity index (χ2v) is 8.59. The van der Waals surface area contributed by atoms with E-state index in [0.717, 1.165) is 16.2 Å². The Bertz CT molecular complexity index is 844. The van der Waals surface area contributed by atoms with Crippen molar-refractivity contribution in [3.63, 3.8) is 0 Å². The van der Waals surface area contributed by atoms with Crippen LogP contribution in [0.15, 0.2) is 59.1 Å². The average molecular weight is 440 g/mol. The van der Waals surface area contributed by atoms with Crippen molar-refractivity contribution in [2.45, 2.75) is 0 Å². The standard InChI is InChI=1S/C18H22BrN3O3S/c1-21(15-8-4-3-5-9-15)13-12-20-18(23)14-22(26(2,24)25)17-11-7-6-10-16(17)19/h3-11H,12-14H2,1-2H3,(H,20,23). The molecule has 1 amide bonds. The number of rotatable bonds is 8. The lowest BCUT2D eigenvalue weighted by Crippen LogP contribution is -2.42. The number of benzene rings is 2. The first-order valence-corrected chi connectivity index (χ1v) is 10.7. The zero-order chi connectivity index (χ0) is 19.2. The van der Waals surface area contributed by atoms with Crippen molar-refractivity contribution in [3.8, 4) is 0 Å². The lowest BCUT2D eigenvalue weighted by Gasteiger charge is -2.23. The molecule has 0 fully saturated rings. The van der Waals surface area contributed by atoms with Gasteiger partial charge in [-0.3, -0.25) is 9.10 Å².